The molecular formula is C23H33NO2. The highest BCUT2D eigenvalue weighted by molar-refractivity contribution is 5.52. The van der Waals surface area contributed by atoms with Gasteiger partial charge in [0.2, 0.25) is 0 Å². The van der Waals surface area contributed by atoms with Crippen molar-refractivity contribution in [1.29, 1.82) is 0 Å². The van der Waals surface area contributed by atoms with Crippen LogP contribution >= 0.6 is 0 Å². The minimum absolute atomic E-state index is 0.444. The molecule has 26 heavy (non-hydrogen) atoms. The summed E-state index contributed by atoms with van der Waals surface area (Å²) >= 11 is 0. The van der Waals surface area contributed by atoms with Crippen molar-refractivity contribution < 1.29 is 9.47 Å². The Morgan fingerprint density at radius 3 is 2.46 bits per heavy atom. The molecule has 1 aromatic carbocycles. The highest BCUT2D eigenvalue weighted by Crippen LogP contribution is 2.41. The van der Waals surface area contributed by atoms with E-state index in [0.717, 1.165) is 43.9 Å². The molecule has 0 saturated heterocycles. The van der Waals surface area contributed by atoms with Crippen LogP contribution in [0.25, 0.3) is 0 Å². The molecule has 0 N–H and O–H groups in total. The molecule has 0 radical (unpaired) electrons. The molecule has 1 atom stereocenters. The van der Waals surface area contributed by atoms with Gasteiger partial charge in [-0.2, -0.15) is 0 Å². The van der Waals surface area contributed by atoms with E-state index >= 15 is 0 Å². The summed E-state index contributed by atoms with van der Waals surface area (Å²) in [5, 5.41) is 0. The van der Waals surface area contributed by atoms with E-state index in [4.69, 9.17) is 9.47 Å². The number of rotatable bonds is 5. The average Bonchev–Trinajstić information content (AvgIpc) is 2.61. The Bertz CT molecular complexity index is 730. The lowest BCUT2D eigenvalue weighted by molar-refractivity contribution is 0.182. The third kappa shape index (κ3) is 3.68. The second-order valence-corrected chi connectivity index (χ2v) is 8.19. The number of hydrogen-bond donors (Lipinski definition) is 0. The standard InChI is InChI=1S/C23H33NO2/c1-15(2)11-16(3)12-18-17(4)9-10-24-14-20-19(13-21(18)24)22(25-5)7-8-23(20)26-6/h7-8,12,15,21H,9-11,13-14H2,1-6H3/b16-12+. The molecule has 0 aliphatic carbocycles. The molecular weight excluding hydrogens is 322 g/mol. The summed E-state index contributed by atoms with van der Waals surface area (Å²) in [5.41, 5.74) is 7.16. The van der Waals surface area contributed by atoms with Gasteiger partial charge in [-0.15, -0.1) is 0 Å². The first-order valence-electron chi connectivity index (χ1n) is 9.78. The van der Waals surface area contributed by atoms with E-state index in [1.165, 1.54) is 22.3 Å². The van der Waals surface area contributed by atoms with Crippen LogP contribution in [0.2, 0.25) is 0 Å². The zero-order chi connectivity index (χ0) is 18.8. The van der Waals surface area contributed by atoms with Crippen molar-refractivity contribution in [3.63, 3.8) is 0 Å². The van der Waals surface area contributed by atoms with Crippen molar-refractivity contribution in [2.45, 2.75) is 59.5 Å². The van der Waals surface area contributed by atoms with Crippen LogP contribution in [-0.4, -0.2) is 31.7 Å². The molecule has 0 bridgehead atoms. The van der Waals surface area contributed by atoms with Gasteiger partial charge in [0.05, 0.1) is 14.2 Å². The Kier molecular flexibility index (Phi) is 5.76. The highest BCUT2D eigenvalue weighted by Gasteiger charge is 2.34. The van der Waals surface area contributed by atoms with Crippen LogP contribution in [0.3, 0.4) is 0 Å². The molecule has 0 aromatic heterocycles. The number of fused-ring (bicyclic) bond motifs is 2. The summed E-state index contributed by atoms with van der Waals surface area (Å²) < 4.78 is 11.3. The fourth-order valence-electron chi connectivity index (χ4n) is 4.53. The van der Waals surface area contributed by atoms with E-state index in [2.05, 4.69) is 38.7 Å². The van der Waals surface area contributed by atoms with Crippen molar-refractivity contribution in [3.8, 4) is 11.5 Å². The summed E-state index contributed by atoms with van der Waals surface area (Å²) in [6.45, 7) is 11.2. The van der Waals surface area contributed by atoms with Crippen LogP contribution in [0.1, 0.15) is 51.7 Å². The van der Waals surface area contributed by atoms with Crippen LogP contribution in [0, 0.1) is 5.92 Å². The maximum atomic E-state index is 5.68. The minimum atomic E-state index is 0.444. The molecule has 0 amide bonds. The van der Waals surface area contributed by atoms with Crippen molar-refractivity contribution in [2.75, 3.05) is 20.8 Å². The number of hydrogen-bond acceptors (Lipinski definition) is 3. The molecule has 2 heterocycles. The highest BCUT2D eigenvalue weighted by atomic mass is 16.5. The molecule has 2 aliphatic heterocycles. The number of methoxy groups -OCH3 is 2. The van der Waals surface area contributed by atoms with Gasteiger partial charge in [0, 0.05) is 30.3 Å². The first-order valence-corrected chi connectivity index (χ1v) is 9.78. The van der Waals surface area contributed by atoms with Gasteiger partial charge in [0.15, 0.2) is 0 Å². The fraction of sp³-hybridized carbons (Fsp3) is 0.565. The van der Waals surface area contributed by atoms with Crippen LogP contribution in [0.4, 0.5) is 0 Å². The van der Waals surface area contributed by atoms with Crippen molar-refractivity contribution in [1.82, 2.24) is 4.90 Å². The van der Waals surface area contributed by atoms with Crippen LogP contribution < -0.4 is 9.47 Å². The summed E-state index contributed by atoms with van der Waals surface area (Å²) in [4.78, 5) is 2.62. The van der Waals surface area contributed by atoms with Gasteiger partial charge in [0.1, 0.15) is 11.5 Å². The van der Waals surface area contributed by atoms with E-state index in [1.54, 1.807) is 19.8 Å². The SMILES string of the molecule is COc1ccc(OC)c2c1CC1C(/C=C(\C)CC(C)C)=C(C)CCN1C2. The summed E-state index contributed by atoms with van der Waals surface area (Å²) in [6, 6.07) is 4.53. The van der Waals surface area contributed by atoms with Gasteiger partial charge >= 0.3 is 0 Å². The second kappa shape index (κ2) is 7.87. The Morgan fingerprint density at radius 2 is 1.85 bits per heavy atom. The van der Waals surface area contributed by atoms with Crippen molar-refractivity contribution in [2.24, 2.45) is 5.92 Å². The van der Waals surface area contributed by atoms with Crippen LogP contribution in [0.5, 0.6) is 11.5 Å². The third-order valence-electron chi connectivity index (χ3n) is 5.74. The van der Waals surface area contributed by atoms with Crippen LogP contribution in [-0.2, 0) is 13.0 Å². The van der Waals surface area contributed by atoms with Crippen molar-refractivity contribution in [3.05, 3.63) is 46.1 Å². The predicted molar refractivity (Wildman–Crippen MR) is 108 cm³/mol. The summed E-state index contributed by atoms with van der Waals surface area (Å²) in [7, 11) is 3.53. The lowest BCUT2D eigenvalue weighted by Crippen LogP contribution is -2.45. The summed E-state index contributed by atoms with van der Waals surface area (Å²) in [5.74, 6) is 2.67. The fourth-order valence-corrected chi connectivity index (χ4v) is 4.53. The van der Waals surface area contributed by atoms with E-state index in [-0.39, 0.29) is 0 Å². The molecule has 1 aromatic rings. The zero-order valence-corrected chi connectivity index (χ0v) is 17.2. The Morgan fingerprint density at radius 1 is 1.19 bits per heavy atom. The van der Waals surface area contributed by atoms with E-state index in [0.29, 0.717) is 12.0 Å². The van der Waals surface area contributed by atoms with E-state index < -0.39 is 0 Å². The second-order valence-electron chi connectivity index (χ2n) is 8.19. The molecule has 3 rings (SSSR count). The van der Waals surface area contributed by atoms with Gasteiger partial charge in [-0.25, -0.2) is 0 Å². The lowest BCUT2D eigenvalue weighted by Gasteiger charge is -2.42. The Hall–Kier alpha value is -1.74. The van der Waals surface area contributed by atoms with E-state index in [1.807, 2.05) is 12.1 Å². The topological polar surface area (TPSA) is 21.7 Å². The summed E-state index contributed by atoms with van der Waals surface area (Å²) in [6.07, 6.45) is 5.77. The van der Waals surface area contributed by atoms with Gasteiger partial charge in [-0.1, -0.05) is 31.1 Å². The molecule has 2 aliphatic rings. The minimum Gasteiger partial charge on any atom is -0.496 e. The van der Waals surface area contributed by atoms with Gasteiger partial charge in [-0.3, -0.25) is 4.90 Å². The molecule has 3 heteroatoms. The average molecular weight is 356 g/mol. The molecule has 1 unspecified atom stereocenters. The van der Waals surface area contributed by atoms with Crippen molar-refractivity contribution >= 4 is 0 Å². The first-order chi connectivity index (χ1) is 12.4. The number of benzene rings is 1. The Balaban J connectivity index is 1.99. The molecule has 0 fully saturated rings. The lowest BCUT2D eigenvalue weighted by atomic mass is 9.82. The quantitative estimate of drug-likeness (QED) is 0.730. The number of nitrogens with zero attached hydrogens (tertiary/aromatic N) is 1. The maximum Gasteiger partial charge on any atom is 0.123 e. The molecule has 142 valence electrons. The van der Waals surface area contributed by atoms with Gasteiger partial charge < -0.3 is 9.47 Å². The number of ether oxygens (including phenoxy) is 2. The zero-order valence-electron chi connectivity index (χ0n) is 17.2. The van der Waals surface area contributed by atoms with E-state index in [9.17, 15) is 0 Å². The monoisotopic (exact) mass is 355 g/mol. The Labute approximate surface area is 158 Å². The van der Waals surface area contributed by atoms with Gasteiger partial charge in [-0.05, 0) is 56.7 Å². The smallest absolute Gasteiger partial charge is 0.123 e. The number of allylic oxidation sites excluding steroid dienone is 1. The maximum absolute atomic E-state index is 5.68. The predicted octanol–water partition coefficient (Wildman–Crippen LogP) is 5.14. The molecule has 0 spiro atoms. The van der Waals surface area contributed by atoms with Gasteiger partial charge in [0.25, 0.3) is 0 Å². The normalized spacial score (nSPS) is 20.9. The molecule has 3 nitrogen and oxygen atoms in total. The third-order valence-corrected chi connectivity index (χ3v) is 5.74. The largest absolute Gasteiger partial charge is 0.496 e. The first kappa shape index (κ1) is 19.0. The molecule has 0 saturated carbocycles. The van der Waals surface area contributed by atoms with Crippen LogP contribution in [0.15, 0.2) is 34.9 Å².